The molecule has 88 valence electrons. The average Bonchev–Trinajstić information content (AvgIpc) is 2.65. The lowest BCUT2D eigenvalue weighted by Crippen LogP contribution is -2.19. The Kier molecular flexibility index (Phi) is 4.00. The predicted molar refractivity (Wildman–Crippen MR) is 67.6 cm³/mol. The molecular weight excluding hydrogens is 244 g/mol. The fraction of sp³-hybridized carbons (Fsp3) is 0.667. The summed E-state index contributed by atoms with van der Waals surface area (Å²) in [5.41, 5.74) is 5.43. The molecule has 1 amide bonds. The fourth-order valence-corrected chi connectivity index (χ4v) is 3.40. The van der Waals surface area contributed by atoms with E-state index < -0.39 is 0 Å². The molecule has 0 aliphatic carbocycles. The molecule has 0 aromatic carbocycles. The number of nitrogens with two attached hydrogens (primary N) is 1. The highest BCUT2D eigenvalue weighted by atomic mass is 32.2. The fourth-order valence-electron chi connectivity index (χ4n) is 1.67. The maximum absolute atomic E-state index is 11.7. The minimum atomic E-state index is 0.0213. The molecule has 7 heteroatoms. The second-order valence-corrected chi connectivity index (χ2v) is 5.99. The van der Waals surface area contributed by atoms with Crippen LogP contribution in [0.5, 0.6) is 0 Å². The first-order valence-electron chi connectivity index (χ1n) is 5.20. The largest absolute Gasteiger partial charge is 0.374 e. The van der Waals surface area contributed by atoms with Crippen molar-refractivity contribution in [2.45, 2.75) is 19.3 Å². The molecular formula is C9H14N4OS2. The van der Waals surface area contributed by atoms with Gasteiger partial charge in [0.25, 0.3) is 0 Å². The number of aromatic nitrogens is 2. The molecule has 0 bridgehead atoms. The van der Waals surface area contributed by atoms with Crippen molar-refractivity contribution < 1.29 is 4.79 Å². The smallest absolute Gasteiger partial charge is 0.226 e. The van der Waals surface area contributed by atoms with Gasteiger partial charge in [0.15, 0.2) is 0 Å². The molecule has 1 aromatic rings. The maximum Gasteiger partial charge on any atom is 0.226 e. The molecule has 1 aliphatic heterocycles. The zero-order valence-corrected chi connectivity index (χ0v) is 10.4. The number of carbonyl (C=O) groups excluding carboxylic acids is 1. The van der Waals surface area contributed by atoms with Gasteiger partial charge in [-0.05, 0) is 30.3 Å². The highest BCUT2D eigenvalue weighted by molar-refractivity contribution is 7.99. The summed E-state index contributed by atoms with van der Waals surface area (Å²) in [6.07, 6.45) is 2.85. The molecule has 2 rings (SSSR count). The minimum absolute atomic E-state index is 0.0213. The predicted octanol–water partition coefficient (Wildman–Crippen LogP) is 1.59. The van der Waals surface area contributed by atoms with E-state index in [4.69, 9.17) is 5.73 Å². The Bertz CT molecular complexity index is 362. The van der Waals surface area contributed by atoms with Gasteiger partial charge in [0, 0.05) is 6.42 Å². The van der Waals surface area contributed by atoms with Gasteiger partial charge >= 0.3 is 0 Å². The summed E-state index contributed by atoms with van der Waals surface area (Å²) in [6.45, 7) is 0. The molecule has 3 N–H and O–H groups in total. The Morgan fingerprint density at radius 1 is 1.44 bits per heavy atom. The highest BCUT2D eigenvalue weighted by Gasteiger charge is 2.17. The maximum atomic E-state index is 11.7. The van der Waals surface area contributed by atoms with Crippen molar-refractivity contribution in [2.24, 2.45) is 5.92 Å². The van der Waals surface area contributed by atoms with Crippen molar-refractivity contribution in [3.05, 3.63) is 0 Å². The molecule has 0 unspecified atom stereocenters. The second-order valence-electron chi connectivity index (χ2n) is 3.75. The van der Waals surface area contributed by atoms with Gasteiger partial charge in [0.2, 0.25) is 16.2 Å². The van der Waals surface area contributed by atoms with Crippen molar-refractivity contribution in [3.8, 4) is 0 Å². The van der Waals surface area contributed by atoms with Gasteiger partial charge < -0.3 is 11.1 Å². The van der Waals surface area contributed by atoms with Crippen LogP contribution in [0.1, 0.15) is 19.3 Å². The Morgan fingerprint density at radius 2 is 2.19 bits per heavy atom. The summed E-state index contributed by atoms with van der Waals surface area (Å²) in [6, 6.07) is 0. The summed E-state index contributed by atoms with van der Waals surface area (Å²) >= 11 is 3.16. The number of hydrogen-bond donors (Lipinski definition) is 2. The van der Waals surface area contributed by atoms with Gasteiger partial charge in [-0.25, -0.2) is 0 Å². The summed E-state index contributed by atoms with van der Waals surface area (Å²) in [4.78, 5) is 11.7. The van der Waals surface area contributed by atoms with Gasteiger partial charge in [0.1, 0.15) is 0 Å². The molecule has 5 nitrogen and oxygen atoms in total. The number of thioether (sulfide) groups is 1. The standard InChI is InChI=1S/C9H14N4OS2/c10-8-12-13-9(16-8)11-7(14)5-6-1-3-15-4-2-6/h6H,1-5H2,(H2,10,12)(H,11,13,14). The second kappa shape index (κ2) is 5.49. The lowest BCUT2D eigenvalue weighted by atomic mass is 9.99. The van der Waals surface area contributed by atoms with Gasteiger partial charge in [-0.1, -0.05) is 11.3 Å². The lowest BCUT2D eigenvalue weighted by Gasteiger charge is -2.20. The van der Waals surface area contributed by atoms with E-state index in [0.717, 1.165) is 12.8 Å². The van der Waals surface area contributed by atoms with Crippen LogP contribution in [0.3, 0.4) is 0 Å². The molecule has 1 aliphatic rings. The van der Waals surface area contributed by atoms with Gasteiger partial charge in [-0.2, -0.15) is 11.8 Å². The third kappa shape index (κ3) is 3.34. The molecule has 1 aromatic heterocycles. The first-order chi connectivity index (χ1) is 7.74. The monoisotopic (exact) mass is 258 g/mol. The summed E-state index contributed by atoms with van der Waals surface area (Å²) in [5.74, 6) is 2.88. The Hall–Kier alpha value is -0.820. The number of hydrogen-bond acceptors (Lipinski definition) is 6. The number of nitrogen functional groups attached to an aromatic ring is 1. The van der Waals surface area contributed by atoms with Crippen molar-refractivity contribution >= 4 is 39.3 Å². The summed E-state index contributed by atoms with van der Waals surface area (Å²) in [7, 11) is 0. The Morgan fingerprint density at radius 3 is 2.81 bits per heavy atom. The van der Waals surface area contributed by atoms with Gasteiger partial charge in [-0.3, -0.25) is 4.79 Å². The number of amides is 1. The zero-order valence-electron chi connectivity index (χ0n) is 8.81. The van der Waals surface area contributed by atoms with Crippen LogP contribution in [-0.2, 0) is 4.79 Å². The van der Waals surface area contributed by atoms with Crippen LogP contribution in [0.15, 0.2) is 0 Å². The van der Waals surface area contributed by atoms with Gasteiger partial charge in [-0.15, -0.1) is 10.2 Å². The van der Waals surface area contributed by atoms with E-state index in [-0.39, 0.29) is 5.91 Å². The number of carbonyl (C=O) groups is 1. The number of rotatable bonds is 3. The van der Waals surface area contributed by atoms with Crippen LogP contribution in [0, 0.1) is 5.92 Å². The molecule has 1 fully saturated rings. The molecule has 2 heterocycles. The number of nitrogens with zero attached hydrogens (tertiary/aromatic N) is 2. The van der Waals surface area contributed by atoms with Crippen molar-refractivity contribution in [2.75, 3.05) is 22.6 Å². The van der Waals surface area contributed by atoms with Crippen LogP contribution in [-0.4, -0.2) is 27.6 Å². The SMILES string of the molecule is Nc1nnc(NC(=O)CC2CCSCC2)s1. The van der Waals surface area contributed by atoms with E-state index in [2.05, 4.69) is 15.5 Å². The number of anilines is 2. The van der Waals surface area contributed by atoms with E-state index >= 15 is 0 Å². The Balaban J connectivity index is 1.79. The summed E-state index contributed by atoms with van der Waals surface area (Å²) < 4.78 is 0. The minimum Gasteiger partial charge on any atom is -0.374 e. The van der Waals surface area contributed by atoms with Crippen LogP contribution in [0.4, 0.5) is 10.3 Å². The van der Waals surface area contributed by atoms with Crippen LogP contribution in [0.2, 0.25) is 0 Å². The van der Waals surface area contributed by atoms with Crippen LogP contribution < -0.4 is 11.1 Å². The molecule has 0 atom stereocenters. The Labute approximate surface area is 102 Å². The molecule has 0 saturated carbocycles. The first-order valence-corrected chi connectivity index (χ1v) is 7.18. The quantitative estimate of drug-likeness (QED) is 0.860. The van der Waals surface area contributed by atoms with E-state index in [1.165, 1.54) is 22.8 Å². The van der Waals surface area contributed by atoms with Crippen molar-refractivity contribution in [1.82, 2.24) is 10.2 Å². The lowest BCUT2D eigenvalue weighted by molar-refractivity contribution is -0.117. The third-order valence-corrected chi connectivity index (χ3v) is 4.22. The first kappa shape index (κ1) is 11.7. The molecule has 0 spiro atoms. The normalized spacial score (nSPS) is 17.2. The highest BCUT2D eigenvalue weighted by Crippen LogP contribution is 2.26. The van der Waals surface area contributed by atoms with Crippen molar-refractivity contribution in [1.29, 1.82) is 0 Å². The topological polar surface area (TPSA) is 80.9 Å². The van der Waals surface area contributed by atoms with Gasteiger partial charge in [0.05, 0.1) is 0 Å². The average molecular weight is 258 g/mol. The summed E-state index contributed by atoms with van der Waals surface area (Å²) in [5, 5.41) is 11.0. The van der Waals surface area contributed by atoms with Crippen molar-refractivity contribution in [3.63, 3.8) is 0 Å². The van der Waals surface area contributed by atoms with E-state index in [0.29, 0.717) is 22.6 Å². The third-order valence-electron chi connectivity index (χ3n) is 2.50. The molecule has 1 saturated heterocycles. The van der Waals surface area contributed by atoms with E-state index in [1.54, 1.807) is 0 Å². The zero-order chi connectivity index (χ0) is 11.4. The van der Waals surface area contributed by atoms with E-state index in [1.807, 2.05) is 11.8 Å². The molecule has 0 radical (unpaired) electrons. The molecule has 16 heavy (non-hydrogen) atoms. The van der Waals surface area contributed by atoms with E-state index in [9.17, 15) is 4.79 Å². The number of nitrogens with one attached hydrogen (secondary N) is 1. The van der Waals surface area contributed by atoms with Crippen LogP contribution >= 0.6 is 23.1 Å². The van der Waals surface area contributed by atoms with Crippen LogP contribution in [0.25, 0.3) is 0 Å².